The van der Waals surface area contributed by atoms with Crippen LogP contribution >= 0.6 is 15.9 Å². The van der Waals surface area contributed by atoms with Crippen molar-refractivity contribution in [2.75, 3.05) is 26.2 Å². The molecule has 1 amide bonds. The van der Waals surface area contributed by atoms with E-state index in [-0.39, 0.29) is 60.3 Å². The Hall–Kier alpha value is -1.93. The SMILES string of the molecule is Cc1c(S(=O)(=O)N2CCN(C(=O)CCn3nc(C(F)(F)F)c(Br)c3C3CC3)CC2)cnn1C. The molecule has 1 saturated heterocycles. The summed E-state index contributed by atoms with van der Waals surface area (Å²) < 4.78 is 69.6. The quantitative estimate of drug-likeness (QED) is 0.549. The summed E-state index contributed by atoms with van der Waals surface area (Å²) in [7, 11) is -2.05. The highest BCUT2D eigenvalue weighted by Crippen LogP contribution is 2.47. The van der Waals surface area contributed by atoms with E-state index in [9.17, 15) is 26.4 Å². The molecule has 1 saturated carbocycles. The second-order valence-corrected chi connectivity index (χ2v) is 11.0. The number of hydrogen-bond donors (Lipinski definition) is 0. The van der Waals surface area contributed by atoms with Crippen molar-refractivity contribution < 1.29 is 26.4 Å². The molecule has 0 unspecified atom stereocenters. The van der Waals surface area contributed by atoms with E-state index in [0.717, 1.165) is 12.8 Å². The van der Waals surface area contributed by atoms with Crippen LogP contribution in [0, 0.1) is 6.92 Å². The molecule has 1 aliphatic carbocycles. The van der Waals surface area contributed by atoms with Gasteiger partial charge in [-0.2, -0.15) is 27.7 Å². The Balaban J connectivity index is 1.38. The summed E-state index contributed by atoms with van der Waals surface area (Å²) in [4.78, 5) is 14.4. The largest absolute Gasteiger partial charge is 0.436 e. The zero-order valence-corrected chi connectivity index (χ0v) is 20.5. The van der Waals surface area contributed by atoms with Crippen molar-refractivity contribution in [3.05, 3.63) is 27.8 Å². The van der Waals surface area contributed by atoms with Crippen molar-refractivity contribution in [1.82, 2.24) is 28.8 Å². The maximum Gasteiger partial charge on any atom is 0.436 e. The van der Waals surface area contributed by atoms with Crippen LogP contribution in [0.3, 0.4) is 0 Å². The Kier molecular flexibility index (Phi) is 6.37. The smallest absolute Gasteiger partial charge is 0.340 e. The molecule has 0 atom stereocenters. The monoisotopic (exact) mass is 552 g/mol. The average Bonchev–Trinajstić information content (AvgIpc) is 3.44. The second kappa shape index (κ2) is 8.69. The number of carbonyl (C=O) groups is 1. The number of sulfonamides is 1. The normalized spacial score (nSPS) is 18.2. The van der Waals surface area contributed by atoms with Crippen LogP contribution in [0.5, 0.6) is 0 Å². The van der Waals surface area contributed by atoms with Crippen LogP contribution < -0.4 is 0 Å². The molecule has 0 bridgehead atoms. The number of amides is 1. The zero-order valence-electron chi connectivity index (χ0n) is 18.1. The van der Waals surface area contributed by atoms with Crippen LogP contribution in [-0.4, -0.2) is 69.3 Å². The van der Waals surface area contributed by atoms with Gasteiger partial charge in [0.2, 0.25) is 15.9 Å². The molecule has 14 heteroatoms. The van der Waals surface area contributed by atoms with Crippen LogP contribution in [-0.2, 0) is 34.6 Å². The van der Waals surface area contributed by atoms with Gasteiger partial charge in [-0.25, -0.2) is 8.42 Å². The Morgan fingerprint density at radius 2 is 1.85 bits per heavy atom. The topological polar surface area (TPSA) is 93.3 Å². The Labute approximate surface area is 197 Å². The lowest BCUT2D eigenvalue weighted by Gasteiger charge is -2.34. The van der Waals surface area contributed by atoms with Crippen molar-refractivity contribution in [2.45, 2.75) is 49.7 Å². The van der Waals surface area contributed by atoms with Crippen LogP contribution in [0.4, 0.5) is 13.2 Å². The Morgan fingerprint density at radius 3 is 2.36 bits per heavy atom. The first-order chi connectivity index (χ1) is 15.4. The molecule has 1 aliphatic heterocycles. The Bertz CT molecular complexity index is 1160. The number of rotatable bonds is 6. The van der Waals surface area contributed by atoms with E-state index in [0.29, 0.717) is 11.4 Å². The third-order valence-corrected chi connectivity index (χ3v) is 8.88. The molecule has 0 N–H and O–H groups in total. The third-order valence-electron chi connectivity index (χ3n) is 6.10. The van der Waals surface area contributed by atoms with Gasteiger partial charge in [0, 0.05) is 45.6 Å². The fraction of sp³-hybridized carbons (Fsp3) is 0.632. The summed E-state index contributed by atoms with van der Waals surface area (Å²) in [5.74, 6) is -0.228. The molecule has 9 nitrogen and oxygen atoms in total. The summed E-state index contributed by atoms with van der Waals surface area (Å²) in [5.41, 5.74) is 0.0443. The van der Waals surface area contributed by atoms with Gasteiger partial charge in [0.15, 0.2) is 5.69 Å². The number of nitrogens with zero attached hydrogens (tertiary/aromatic N) is 6. The molecule has 182 valence electrons. The Morgan fingerprint density at radius 1 is 1.21 bits per heavy atom. The molecular weight excluding hydrogens is 529 g/mol. The van der Waals surface area contributed by atoms with Gasteiger partial charge < -0.3 is 4.90 Å². The van der Waals surface area contributed by atoms with Gasteiger partial charge in [-0.1, -0.05) is 0 Å². The molecule has 2 aliphatic rings. The molecular formula is C19H24BrF3N6O3S. The number of aryl methyl sites for hydroxylation is 2. The fourth-order valence-corrected chi connectivity index (χ4v) is 6.40. The average molecular weight is 553 g/mol. The van der Waals surface area contributed by atoms with Crippen molar-refractivity contribution in [3.63, 3.8) is 0 Å². The number of halogens is 4. The lowest BCUT2D eigenvalue weighted by molar-refractivity contribution is -0.142. The predicted molar refractivity (Wildman–Crippen MR) is 115 cm³/mol. The van der Waals surface area contributed by atoms with Gasteiger partial charge >= 0.3 is 6.18 Å². The van der Waals surface area contributed by atoms with Gasteiger partial charge in [0.05, 0.1) is 28.6 Å². The van der Waals surface area contributed by atoms with E-state index in [4.69, 9.17) is 0 Å². The van der Waals surface area contributed by atoms with E-state index < -0.39 is 21.9 Å². The molecule has 4 rings (SSSR count). The van der Waals surface area contributed by atoms with Crippen LogP contribution in [0.2, 0.25) is 0 Å². The molecule has 33 heavy (non-hydrogen) atoms. The molecule has 0 spiro atoms. The summed E-state index contributed by atoms with van der Waals surface area (Å²) in [6.07, 6.45) is -1.69. The molecule has 0 radical (unpaired) electrons. The molecule has 2 aromatic heterocycles. The number of carbonyl (C=O) groups excluding carboxylic acids is 1. The summed E-state index contributed by atoms with van der Waals surface area (Å²) in [6.45, 7) is 2.41. The number of hydrogen-bond acceptors (Lipinski definition) is 5. The van der Waals surface area contributed by atoms with Crippen molar-refractivity contribution in [1.29, 1.82) is 0 Å². The van der Waals surface area contributed by atoms with Gasteiger partial charge in [0.25, 0.3) is 0 Å². The molecule has 2 fully saturated rings. The number of alkyl halides is 3. The van der Waals surface area contributed by atoms with Gasteiger partial charge in [-0.3, -0.25) is 14.2 Å². The van der Waals surface area contributed by atoms with Gasteiger partial charge in [0.1, 0.15) is 4.90 Å². The van der Waals surface area contributed by atoms with E-state index in [1.165, 1.54) is 19.9 Å². The van der Waals surface area contributed by atoms with E-state index >= 15 is 0 Å². The van der Waals surface area contributed by atoms with Gasteiger partial charge in [-0.15, -0.1) is 0 Å². The van der Waals surface area contributed by atoms with Crippen molar-refractivity contribution in [2.24, 2.45) is 7.05 Å². The van der Waals surface area contributed by atoms with E-state index in [2.05, 4.69) is 26.1 Å². The zero-order chi connectivity index (χ0) is 24.1. The highest BCUT2D eigenvalue weighted by molar-refractivity contribution is 9.10. The van der Waals surface area contributed by atoms with Crippen LogP contribution in [0.15, 0.2) is 15.6 Å². The fourth-order valence-electron chi connectivity index (χ4n) is 3.96. The standard InChI is InChI=1S/C19H24BrF3N6O3S/c1-12-14(11-24-26(12)2)33(31,32)28-9-7-27(8-10-28)15(30)5-6-29-17(13-3-4-13)16(20)18(25-29)19(21,22)23/h11,13H,3-10H2,1-2H3. The van der Waals surface area contributed by atoms with Gasteiger partial charge in [-0.05, 0) is 35.7 Å². The number of aromatic nitrogens is 4. The summed E-state index contributed by atoms with van der Waals surface area (Å²) >= 11 is 3.05. The minimum absolute atomic E-state index is 0.0143. The van der Waals surface area contributed by atoms with E-state index in [1.54, 1.807) is 18.9 Å². The third kappa shape index (κ3) is 4.69. The van der Waals surface area contributed by atoms with Crippen LogP contribution in [0.25, 0.3) is 0 Å². The lowest BCUT2D eigenvalue weighted by atomic mass is 10.2. The first-order valence-corrected chi connectivity index (χ1v) is 12.7. The minimum Gasteiger partial charge on any atom is -0.340 e. The maximum absolute atomic E-state index is 13.3. The highest BCUT2D eigenvalue weighted by atomic mass is 79.9. The predicted octanol–water partition coefficient (Wildman–Crippen LogP) is 2.51. The summed E-state index contributed by atoms with van der Waals surface area (Å²) in [5, 5.41) is 7.71. The van der Waals surface area contributed by atoms with Crippen molar-refractivity contribution in [3.8, 4) is 0 Å². The van der Waals surface area contributed by atoms with Crippen LogP contribution in [0.1, 0.15) is 42.3 Å². The first-order valence-electron chi connectivity index (χ1n) is 10.5. The maximum atomic E-state index is 13.3. The molecule has 3 heterocycles. The lowest BCUT2D eigenvalue weighted by Crippen LogP contribution is -2.50. The highest BCUT2D eigenvalue weighted by Gasteiger charge is 2.42. The second-order valence-electron chi connectivity index (χ2n) is 8.30. The molecule has 0 aromatic carbocycles. The van der Waals surface area contributed by atoms with E-state index in [1.807, 2.05) is 0 Å². The minimum atomic E-state index is -4.58. The first kappa shape index (κ1) is 24.2. The number of piperazine rings is 1. The molecule has 2 aromatic rings. The van der Waals surface area contributed by atoms with Crippen molar-refractivity contribution >= 4 is 31.9 Å². The summed E-state index contributed by atoms with van der Waals surface area (Å²) in [6, 6.07) is 0.